The molecule has 0 aliphatic heterocycles. The fourth-order valence-electron chi connectivity index (χ4n) is 6.04. The minimum absolute atomic E-state index is 0.0237. The van der Waals surface area contributed by atoms with Crippen molar-refractivity contribution in [1.29, 1.82) is 0 Å². The minimum Gasteiger partial charge on any atom is -0.194 e. The van der Waals surface area contributed by atoms with Crippen LogP contribution in [0, 0.1) is 27.7 Å². The highest BCUT2D eigenvalue weighted by Crippen LogP contribution is 2.67. The molecule has 1 aliphatic rings. The molecule has 252 valence electrons. The van der Waals surface area contributed by atoms with Gasteiger partial charge in [0.1, 0.15) is 0 Å². The van der Waals surface area contributed by atoms with Crippen molar-refractivity contribution in [3.8, 4) is 20.9 Å². The standard InChI is InChI=1S/C37H38F6S4/c1-19-27(21(3)44-31(19)23-11-15-25(16-12-23)46-33(5,6)7)29-30(36(40,41)37(42,43)35(29,38)39)28-20(2)32(45-22(28)4)24-13-17-26(18-14-24)47-34(8,9)10/h11-18H,1-10H3. The van der Waals surface area contributed by atoms with Gasteiger partial charge < -0.3 is 0 Å². The van der Waals surface area contributed by atoms with Crippen LogP contribution in [0.15, 0.2) is 58.3 Å². The molecule has 0 fully saturated rings. The Bertz CT molecular complexity index is 1710. The molecule has 0 bridgehead atoms. The first kappa shape index (κ1) is 36.1. The zero-order valence-electron chi connectivity index (χ0n) is 28.0. The molecule has 2 aromatic carbocycles. The lowest BCUT2D eigenvalue weighted by molar-refractivity contribution is -0.254. The van der Waals surface area contributed by atoms with Crippen LogP contribution in [0.5, 0.6) is 0 Å². The average molecular weight is 725 g/mol. The van der Waals surface area contributed by atoms with Gasteiger partial charge in [0.2, 0.25) is 0 Å². The van der Waals surface area contributed by atoms with E-state index in [2.05, 4.69) is 41.5 Å². The van der Waals surface area contributed by atoms with Crippen molar-refractivity contribution in [2.75, 3.05) is 0 Å². The Balaban J connectivity index is 1.70. The number of aryl methyl sites for hydroxylation is 2. The Labute approximate surface area is 290 Å². The maximum Gasteiger partial charge on any atom is 0.380 e. The zero-order valence-corrected chi connectivity index (χ0v) is 31.3. The van der Waals surface area contributed by atoms with Crippen molar-refractivity contribution >= 4 is 57.3 Å². The van der Waals surface area contributed by atoms with E-state index >= 15 is 26.3 Å². The SMILES string of the molecule is Cc1sc(-c2ccc(SC(C)(C)C)cc2)c(C)c1C1=C(c2c(C)sc(-c3ccc(SC(C)(C)C)cc3)c2C)C(F)(F)C(F)(F)C1(F)F. The average Bonchev–Trinajstić information content (AvgIpc) is 3.42. The van der Waals surface area contributed by atoms with Gasteiger partial charge in [-0.1, -0.05) is 65.8 Å². The number of thioether (sulfide) groups is 2. The highest BCUT2D eigenvalue weighted by molar-refractivity contribution is 8.00. The van der Waals surface area contributed by atoms with Crippen LogP contribution in [0.1, 0.15) is 73.6 Å². The third-order valence-electron chi connectivity index (χ3n) is 7.89. The van der Waals surface area contributed by atoms with Gasteiger partial charge >= 0.3 is 17.8 Å². The van der Waals surface area contributed by atoms with E-state index in [0.717, 1.165) is 32.5 Å². The fourth-order valence-corrected chi connectivity index (χ4v) is 10.3. The smallest absolute Gasteiger partial charge is 0.194 e. The summed E-state index contributed by atoms with van der Waals surface area (Å²) in [4.78, 5) is 3.76. The molecular weight excluding hydrogens is 687 g/mol. The van der Waals surface area contributed by atoms with Crippen LogP contribution in [0.2, 0.25) is 0 Å². The van der Waals surface area contributed by atoms with Gasteiger partial charge in [0.15, 0.2) is 0 Å². The van der Waals surface area contributed by atoms with Crippen LogP contribution in [-0.2, 0) is 0 Å². The Morgan fingerprint density at radius 1 is 0.511 bits per heavy atom. The van der Waals surface area contributed by atoms with Crippen LogP contribution in [0.25, 0.3) is 32.0 Å². The lowest BCUT2D eigenvalue weighted by Crippen LogP contribution is -2.49. The first-order valence-electron chi connectivity index (χ1n) is 15.2. The van der Waals surface area contributed by atoms with E-state index in [1.54, 1.807) is 37.4 Å². The van der Waals surface area contributed by atoms with Crippen LogP contribution < -0.4 is 0 Å². The molecule has 0 radical (unpaired) electrons. The molecule has 0 atom stereocenters. The van der Waals surface area contributed by atoms with E-state index in [9.17, 15) is 0 Å². The summed E-state index contributed by atoms with van der Waals surface area (Å²) in [6, 6.07) is 15.1. The number of allylic oxidation sites excluding steroid dienone is 2. The Morgan fingerprint density at radius 2 is 0.809 bits per heavy atom. The van der Waals surface area contributed by atoms with Crippen LogP contribution >= 0.6 is 46.2 Å². The van der Waals surface area contributed by atoms with E-state index < -0.39 is 28.9 Å². The van der Waals surface area contributed by atoms with Crippen LogP contribution in [-0.4, -0.2) is 27.3 Å². The maximum absolute atomic E-state index is 16.0. The van der Waals surface area contributed by atoms with E-state index in [4.69, 9.17) is 0 Å². The number of thiophene rings is 2. The van der Waals surface area contributed by atoms with Crippen molar-refractivity contribution in [3.63, 3.8) is 0 Å². The number of hydrogen-bond donors (Lipinski definition) is 0. The van der Waals surface area contributed by atoms with E-state index in [0.29, 0.717) is 20.9 Å². The molecule has 0 saturated heterocycles. The summed E-state index contributed by atoms with van der Waals surface area (Å²) < 4.78 is 94.6. The second-order valence-corrected chi connectivity index (χ2v) is 20.2. The van der Waals surface area contributed by atoms with Gasteiger partial charge in [-0.2, -0.15) is 26.3 Å². The summed E-state index contributed by atoms with van der Waals surface area (Å²) in [5.74, 6) is -15.8. The highest BCUT2D eigenvalue weighted by atomic mass is 32.2. The van der Waals surface area contributed by atoms with Crippen molar-refractivity contribution in [2.45, 2.75) is 106 Å². The molecule has 0 spiro atoms. The van der Waals surface area contributed by atoms with Gasteiger partial charge in [0.25, 0.3) is 0 Å². The van der Waals surface area contributed by atoms with Gasteiger partial charge in [-0.15, -0.1) is 46.2 Å². The van der Waals surface area contributed by atoms with Crippen molar-refractivity contribution in [3.05, 3.63) is 80.5 Å². The number of hydrogen-bond acceptors (Lipinski definition) is 4. The van der Waals surface area contributed by atoms with Crippen molar-refractivity contribution in [1.82, 2.24) is 0 Å². The number of benzene rings is 2. The molecule has 2 heterocycles. The molecule has 4 aromatic rings. The molecule has 1 aliphatic carbocycles. The maximum atomic E-state index is 16.0. The molecule has 0 N–H and O–H groups in total. The van der Waals surface area contributed by atoms with Gasteiger partial charge in [-0.3, -0.25) is 0 Å². The molecule has 5 rings (SSSR count). The van der Waals surface area contributed by atoms with Gasteiger partial charge in [-0.25, -0.2) is 0 Å². The molecular formula is C37H38F6S4. The second-order valence-electron chi connectivity index (χ2n) is 13.9. The Kier molecular flexibility index (Phi) is 9.25. The molecule has 0 nitrogen and oxygen atoms in total. The molecule has 0 amide bonds. The largest absolute Gasteiger partial charge is 0.380 e. The minimum atomic E-state index is -5.62. The zero-order chi connectivity index (χ0) is 35.1. The number of alkyl halides is 6. The normalized spacial score (nSPS) is 17.5. The molecule has 47 heavy (non-hydrogen) atoms. The summed E-state index contributed by atoms with van der Waals surface area (Å²) in [7, 11) is 0. The van der Waals surface area contributed by atoms with E-state index in [1.807, 2.05) is 48.5 Å². The summed E-state index contributed by atoms with van der Waals surface area (Å²) in [5.41, 5.74) is -1.05. The Hall–Kier alpha value is -2.14. The van der Waals surface area contributed by atoms with Crippen LogP contribution in [0.4, 0.5) is 26.3 Å². The third-order valence-corrected chi connectivity index (χ3v) is 12.6. The first-order chi connectivity index (χ1) is 21.5. The lowest BCUT2D eigenvalue weighted by Gasteiger charge is -2.26. The summed E-state index contributed by atoms with van der Waals surface area (Å²) in [6.07, 6.45) is 0. The number of halogens is 6. The summed E-state index contributed by atoms with van der Waals surface area (Å²) >= 11 is 5.64. The monoisotopic (exact) mass is 724 g/mol. The van der Waals surface area contributed by atoms with E-state index in [1.165, 1.54) is 13.8 Å². The molecule has 2 aromatic heterocycles. The molecule has 10 heteroatoms. The van der Waals surface area contributed by atoms with Gasteiger partial charge in [-0.05, 0) is 74.2 Å². The van der Waals surface area contributed by atoms with E-state index in [-0.39, 0.29) is 41.5 Å². The summed E-state index contributed by atoms with van der Waals surface area (Å²) in [6.45, 7) is 18.7. The van der Waals surface area contributed by atoms with Crippen LogP contribution in [0.3, 0.4) is 0 Å². The van der Waals surface area contributed by atoms with Gasteiger partial charge in [0, 0.05) is 61.1 Å². The van der Waals surface area contributed by atoms with Crippen molar-refractivity contribution < 1.29 is 26.3 Å². The quantitative estimate of drug-likeness (QED) is 0.143. The fraction of sp³-hybridized carbons (Fsp3) is 0.405. The summed E-state index contributed by atoms with van der Waals surface area (Å²) in [5, 5.41) is 0. The van der Waals surface area contributed by atoms with Gasteiger partial charge in [0.05, 0.1) is 0 Å². The topological polar surface area (TPSA) is 0 Å². The second kappa shape index (κ2) is 12.0. The third kappa shape index (κ3) is 6.37. The predicted octanol–water partition coefficient (Wildman–Crippen LogP) is 14.0. The number of rotatable bonds is 6. The lowest BCUT2D eigenvalue weighted by atomic mass is 9.90. The van der Waals surface area contributed by atoms with Crippen molar-refractivity contribution in [2.24, 2.45) is 0 Å². The Morgan fingerprint density at radius 3 is 1.09 bits per heavy atom. The molecule has 0 saturated carbocycles. The predicted molar refractivity (Wildman–Crippen MR) is 191 cm³/mol. The highest BCUT2D eigenvalue weighted by Gasteiger charge is 2.80. The first-order valence-corrected chi connectivity index (χ1v) is 18.4. The molecule has 0 unspecified atom stereocenters.